The molecule has 1 heterocycles. The molecule has 1 nitrogen and oxygen atoms in total. The second kappa shape index (κ2) is 6.72. The Balaban J connectivity index is 1.73. The molecule has 0 spiro atoms. The highest BCUT2D eigenvalue weighted by Crippen LogP contribution is 2.36. The fraction of sp³-hybridized carbons (Fsp3) is 0.571. The van der Waals surface area contributed by atoms with Crippen molar-refractivity contribution >= 4 is 23.5 Å². The molecule has 17 heavy (non-hydrogen) atoms. The van der Waals surface area contributed by atoms with Crippen LogP contribution in [0.1, 0.15) is 18.9 Å². The maximum Gasteiger partial charge on any atom is 0.0260 e. The van der Waals surface area contributed by atoms with Crippen LogP contribution in [0, 0.1) is 0 Å². The van der Waals surface area contributed by atoms with Gasteiger partial charge in [0.2, 0.25) is 0 Å². The lowest BCUT2D eigenvalue weighted by atomic mass is 10.1. The van der Waals surface area contributed by atoms with Gasteiger partial charge in [0.25, 0.3) is 0 Å². The summed E-state index contributed by atoms with van der Waals surface area (Å²) in [7, 11) is 0. The van der Waals surface area contributed by atoms with E-state index in [0.29, 0.717) is 6.04 Å². The Bertz CT molecular complexity index is 329. The zero-order valence-corrected chi connectivity index (χ0v) is 12.2. The fourth-order valence-electron chi connectivity index (χ4n) is 2.10. The largest absolute Gasteiger partial charge is 0.313 e. The van der Waals surface area contributed by atoms with E-state index in [1.807, 2.05) is 23.5 Å². The molecule has 2 atom stereocenters. The number of nitrogens with one attached hydrogen (secondary N) is 1. The molecule has 0 bridgehead atoms. The van der Waals surface area contributed by atoms with Crippen LogP contribution in [-0.2, 0) is 6.42 Å². The van der Waals surface area contributed by atoms with Crippen LogP contribution in [0.4, 0.5) is 0 Å². The van der Waals surface area contributed by atoms with Crippen molar-refractivity contribution in [1.29, 1.82) is 0 Å². The van der Waals surface area contributed by atoms with E-state index in [4.69, 9.17) is 0 Å². The predicted octanol–water partition coefficient (Wildman–Crippen LogP) is 3.43. The van der Waals surface area contributed by atoms with Gasteiger partial charge in [0, 0.05) is 22.7 Å². The van der Waals surface area contributed by atoms with Gasteiger partial charge in [-0.3, -0.25) is 0 Å². The molecule has 1 aromatic carbocycles. The maximum absolute atomic E-state index is 3.66. The summed E-state index contributed by atoms with van der Waals surface area (Å²) in [5.41, 5.74) is 1.53. The SMILES string of the molecule is CSCCC(C)NCC1Cc2ccccc2S1. The van der Waals surface area contributed by atoms with Gasteiger partial charge in [-0.15, -0.1) is 11.8 Å². The van der Waals surface area contributed by atoms with E-state index in [-0.39, 0.29) is 0 Å². The van der Waals surface area contributed by atoms with Crippen LogP contribution in [0.2, 0.25) is 0 Å². The van der Waals surface area contributed by atoms with Gasteiger partial charge in [0.15, 0.2) is 0 Å². The van der Waals surface area contributed by atoms with E-state index in [0.717, 1.165) is 11.8 Å². The van der Waals surface area contributed by atoms with Gasteiger partial charge in [-0.1, -0.05) is 18.2 Å². The highest BCUT2D eigenvalue weighted by molar-refractivity contribution is 8.00. The molecule has 0 aliphatic carbocycles. The average Bonchev–Trinajstić information content (AvgIpc) is 2.76. The van der Waals surface area contributed by atoms with Crippen LogP contribution in [-0.4, -0.2) is 29.8 Å². The van der Waals surface area contributed by atoms with Crippen molar-refractivity contribution in [3.63, 3.8) is 0 Å². The summed E-state index contributed by atoms with van der Waals surface area (Å²) in [6, 6.07) is 9.45. The zero-order chi connectivity index (χ0) is 12.1. The smallest absolute Gasteiger partial charge is 0.0260 e. The van der Waals surface area contributed by atoms with Crippen molar-refractivity contribution in [2.75, 3.05) is 18.6 Å². The molecule has 1 N–H and O–H groups in total. The molecule has 1 aromatic rings. The van der Waals surface area contributed by atoms with Gasteiger partial charge in [-0.2, -0.15) is 11.8 Å². The van der Waals surface area contributed by atoms with Crippen molar-refractivity contribution in [3.8, 4) is 0 Å². The molecule has 1 aliphatic heterocycles. The fourth-order valence-corrected chi connectivity index (χ4v) is 3.95. The molecule has 0 saturated heterocycles. The first-order valence-corrected chi connectivity index (χ1v) is 8.54. The number of thioether (sulfide) groups is 2. The third-order valence-corrected chi connectivity index (χ3v) is 5.13. The lowest BCUT2D eigenvalue weighted by Crippen LogP contribution is -2.32. The Hall–Kier alpha value is -0.120. The first-order valence-electron chi connectivity index (χ1n) is 6.26. The Morgan fingerprint density at radius 3 is 3.06 bits per heavy atom. The second-order valence-corrected chi connectivity index (χ2v) is 6.97. The third-order valence-electron chi connectivity index (χ3n) is 3.16. The molecule has 2 unspecified atom stereocenters. The molecule has 2 rings (SSSR count). The first kappa shape index (κ1) is 13.3. The van der Waals surface area contributed by atoms with Gasteiger partial charge in [-0.05, 0) is 43.4 Å². The van der Waals surface area contributed by atoms with Crippen LogP contribution in [0.15, 0.2) is 29.2 Å². The van der Waals surface area contributed by atoms with Crippen LogP contribution in [0.5, 0.6) is 0 Å². The van der Waals surface area contributed by atoms with E-state index in [1.54, 1.807) is 0 Å². The van der Waals surface area contributed by atoms with Crippen LogP contribution < -0.4 is 5.32 Å². The van der Waals surface area contributed by atoms with E-state index in [9.17, 15) is 0 Å². The quantitative estimate of drug-likeness (QED) is 0.848. The average molecular weight is 267 g/mol. The minimum absolute atomic E-state index is 0.645. The standard InChI is InChI=1S/C14H21NS2/c1-11(7-8-16-2)15-10-13-9-12-5-3-4-6-14(12)17-13/h3-6,11,13,15H,7-10H2,1-2H3. The molecular weight excluding hydrogens is 246 g/mol. The normalized spacial score (nSPS) is 20.2. The van der Waals surface area contributed by atoms with Gasteiger partial charge in [-0.25, -0.2) is 0 Å². The van der Waals surface area contributed by atoms with Gasteiger partial charge in [0.05, 0.1) is 0 Å². The summed E-state index contributed by atoms with van der Waals surface area (Å²) in [5, 5.41) is 4.39. The zero-order valence-electron chi connectivity index (χ0n) is 10.6. The Kier molecular flexibility index (Phi) is 5.26. The second-order valence-electron chi connectivity index (χ2n) is 4.64. The predicted molar refractivity (Wildman–Crippen MR) is 80.3 cm³/mol. The molecule has 1 aliphatic rings. The van der Waals surface area contributed by atoms with Crippen molar-refractivity contribution in [3.05, 3.63) is 29.8 Å². The molecule has 0 aromatic heterocycles. The highest BCUT2D eigenvalue weighted by atomic mass is 32.2. The summed E-state index contributed by atoms with van der Waals surface area (Å²) >= 11 is 3.97. The number of rotatable bonds is 6. The molecule has 3 heteroatoms. The number of benzene rings is 1. The summed E-state index contributed by atoms with van der Waals surface area (Å²) in [4.78, 5) is 1.48. The minimum atomic E-state index is 0.645. The third kappa shape index (κ3) is 3.94. The summed E-state index contributed by atoms with van der Waals surface area (Å²) in [5.74, 6) is 1.26. The molecular formula is C14H21NS2. The molecule has 0 fully saturated rings. The van der Waals surface area contributed by atoms with Crippen LogP contribution in [0.3, 0.4) is 0 Å². The van der Waals surface area contributed by atoms with Gasteiger partial charge < -0.3 is 5.32 Å². The maximum atomic E-state index is 3.66. The highest BCUT2D eigenvalue weighted by Gasteiger charge is 2.21. The van der Waals surface area contributed by atoms with Gasteiger partial charge >= 0.3 is 0 Å². The van der Waals surface area contributed by atoms with E-state index in [2.05, 4.69) is 42.8 Å². The first-order chi connectivity index (χ1) is 8.29. The van der Waals surface area contributed by atoms with E-state index in [1.165, 1.54) is 29.1 Å². The summed E-state index contributed by atoms with van der Waals surface area (Å²) in [6.07, 6.45) is 4.67. The monoisotopic (exact) mass is 267 g/mol. The lowest BCUT2D eigenvalue weighted by Gasteiger charge is -2.16. The van der Waals surface area contributed by atoms with Gasteiger partial charge in [0.1, 0.15) is 0 Å². The summed E-state index contributed by atoms with van der Waals surface area (Å²) < 4.78 is 0. The minimum Gasteiger partial charge on any atom is -0.313 e. The van der Waals surface area contributed by atoms with Crippen molar-refractivity contribution < 1.29 is 0 Å². The summed E-state index contributed by atoms with van der Waals surface area (Å²) in [6.45, 7) is 3.43. The van der Waals surface area contributed by atoms with E-state index < -0.39 is 0 Å². The van der Waals surface area contributed by atoms with Crippen molar-refractivity contribution in [2.45, 2.75) is 36.0 Å². The van der Waals surface area contributed by atoms with Crippen molar-refractivity contribution in [1.82, 2.24) is 5.32 Å². The number of hydrogen-bond acceptors (Lipinski definition) is 3. The van der Waals surface area contributed by atoms with Crippen molar-refractivity contribution in [2.24, 2.45) is 0 Å². The Morgan fingerprint density at radius 2 is 2.29 bits per heavy atom. The molecule has 0 radical (unpaired) electrons. The van der Waals surface area contributed by atoms with E-state index >= 15 is 0 Å². The van der Waals surface area contributed by atoms with Crippen LogP contribution >= 0.6 is 23.5 Å². The molecule has 94 valence electrons. The molecule has 0 amide bonds. The molecule has 0 saturated carbocycles. The van der Waals surface area contributed by atoms with Crippen LogP contribution in [0.25, 0.3) is 0 Å². The number of fused-ring (bicyclic) bond motifs is 1. The lowest BCUT2D eigenvalue weighted by molar-refractivity contribution is 0.534. The Morgan fingerprint density at radius 1 is 1.47 bits per heavy atom. The topological polar surface area (TPSA) is 12.0 Å². The number of hydrogen-bond donors (Lipinski definition) is 1. The Labute approximate surface area is 113 Å².